The van der Waals surface area contributed by atoms with E-state index >= 15 is 0 Å². The van der Waals surface area contributed by atoms with Crippen LogP contribution in [-0.2, 0) is 11.3 Å². The number of hydrogen-bond donors (Lipinski definition) is 2. The third-order valence-corrected chi connectivity index (χ3v) is 1.79. The number of carbonyl (C=O) groups excluding carboxylic acids is 1. The molecule has 1 heterocycles. The summed E-state index contributed by atoms with van der Waals surface area (Å²) < 4.78 is 25.4. The molecule has 1 rings (SSSR count). The van der Waals surface area contributed by atoms with E-state index in [0.29, 0.717) is 6.54 Å². The number of nitrogens with two attached hydrogens (primary N) is 1. The summed E-state index contributed by atoms with van der Waals surface area (Å²) in [5, 5.41) is 2.80. The smallest absolute Gasteiger partial charge is 0.319 e. The van der Waals surface area contributed by atoms with Gasteiger partial charge in [-0.3, -0.25) is 9.36 Å². The van der Waals surface area contributed by atoms with E-state index in [0.717, 1.165) is 4.57 Å². The number of aromatic nitrogens is 2. The molecule has 0 aliphatic rings. The van der Waals surface area contributed by atoms with Crippen LogP contribution in [0, 0.1) is 0 Å². The zero-order chi connectivity index (χ0) is 11.3. The minimum absolute atomic E-state index is 0.176. The highest BCUT2D eigenvalue weighted by atomic mass is 19.3. The average molecular weight is 218 g/mol. The van der Waals surface area contributed by atoms with Crippen molar-refractivity contribution in [3.05, 3.63) is 18.2 Å². The summed E-state index contributed by atoms with van der Waals surface area (Å²) in [6, 6.07) is 0. The van der Waals surface area contributed by atoms with Crippen molar-refractivity contribution >= 4 is 5.91 Å². The Morgan fingerprint density at radius 2 is 2.40 bits per heavy atom. The van der Waals surface area contributed by atoms with Gasteiger partial charge in [-0.15, -0.1) is 0 Å². The first-order valence-corrected chi connectivity index (χ1v) is 4.40. The Kier molecular flexibility index (Phi) is 4.17. The molecule has 5 nitrogen and oxygen atoms in total. The molecule has 84 valence electrons. The molecule has 0 radical (unpaired) electrons. The van der Waals surface area contributed by atoms with Crippen molar-refractivity contribution in [3.63, 3.8) is 0 Å². The predicted octanol–water partition coefficient (Wildman–Crippen LogP) is 0.243. The standard InChI is InChI=1S/C8H12F2N4O/c9-8(10)14-4-3-13-7(14)5-12-2-1-6(11)15/h3-4,8,12H,1-2,5H2,(H2,11,15). The first-order chi connectivity index (χ1) is 7.11. The number of rotatable bonds is 6. The number of imidazole rings is 1. The van der Waals surface area contributed by atoms with Gasteiger partial charge < -0.3 is 11.1 Å². The Morgan fingerprint density at radius 1 is 1.67 bits per heavy atom. The highest BCUT2D eigenvalue weighted by Crippen LogP contribution is 2.11. The molecule has 0 spiro atoms. The second-order valence-corrected chi connectivity index (χ2v) is 2.92. The monoisotopic (exact) mass is 218 g/mol. The van der Waals surface area contributed by atoms with Crippen molar-refractivity contribution in [1.29, 1.82) is 0 Å². The Labute approximate surface area is 85.3 Å². The fourth-order valence-corrected chi connectivity index (χ4v) is 1.07. The van der Waals surface area contributed by atoms with Crippen LogP contribution in [-0.4, -0.2) is 22.0 Å². The van der Waals surface area contributed by atoms with Crippen LogP contribution < -0.4 is 11.1 Å². The maximum Gasteiger partial charge on any atom is 0.319 e. The Balaban J connectivity index is 2.37. The fraction of sp³-hybridized carbons (Fsp3) is 0.500. The van der Waals surface area contributed by atoms with Crippen molar-refractivity contribution < 1.29 is 13.6 Å². The molecule has 0 bridgehead atoms. The van der Waals surface area contributed by atoms with Gasteiger partial charge in [0.2, 0.25) is 5.91 Å². The maximum atomic E-state index is 12.3. The normalized spacial score (nSPS) is 10.9. The number of halogens is 2. The number of hydrogen-bond acceptors (Lipinski definition) is 3. The molecule has 0 saturated carbocycles. The van der Waals surface area contributed by atoms with Gasteiger partial charge in [0.15, 0.2) is 0 Å². The SMILES string of the molecule is NC(=O)CCNCc1nccn1C(F)F. The van der Waals surface area contributed by atoms with Gasteiger partial charge in [0.1, 0.15) is 5.82 Å². The van der Waals surface area contributed by atoms with Gasteiger partial charge in [0.25, 0.3) is 0 Å². The molecule has 1 aromatic rings. The summed E-state index contributed by atoms with van der Waals surface area (Å²) in [5.74, 6) is -0.200. The Morgan fingerprint density at radius 3 is 3.00 bits per heavy atom. The van der Waals surface area contributed by atoms with E-state index in [1.807, 2.05) is 0 Å². The van der Waals surface area contributed by atoms with E-state index in [1.165, 1.54) is 12.4 Å². The van der Waals surface area contributed by atoms with Crippen LogP contribution in [0.25, 0.3) is 0 Å². The Hall–Kier alpha value is -1.50. The van der Waals surface area contributed by atoms with Crippen LogP contribution in [0.3, 0.4) is 0 Å². The van der Waals surface area contributed by atoms with Gasteiger partial charge in [-0.2, -0.15) is 8.78 Å². The first-order valence-electron chi connectivity index (χ1n) is 4.40. The summed E-state index contributed by atoms with van der Waals surface area (Å²) in [4.78, 5) is 14.1. The zero-order valence-corrected chi connectivity index (χ0v) is 7.99. The minimum atomic E-state index is -2.60. The van der Waals surface area contributed by atoms with Gasteiger partial charge in [-0.25, -0.2) is 4.98 Å². The largest absolute Gasteiger partial charge is 0.370 e. The fourth-order valence-electron chi connectivity index (χ4n) is 1.07. The molecule has 1 aromatic heterocycles. The van der Waals surface area contributed by atoms with Crippen LogP contribution in [0.4, 0.5) is 8.78 Å². The van der Waals surface area contributed by atoms with Crippen molar-refractivity contribution in [3.8, 4) is 0 Å². The second-order valence-electron chi connectivity index (χ2n) is 2.92. The number of carbonyl (C=O) groups is 1. The number of alkyl halides is 2. The van der Waals surface area contributed by atoms with Crippen LogP contribution in [0.2, 0.25) is 0 Å². The summed E-state index contributed by atoms with van der Waals surface area (Å²) in [5.41, 5.74) is 4.91. The number of primary amides is 1. The number of nitrogens with one attached hydrogen (secondary N) is 1. The van der Waals surface area contributed by atoms with E-state index in [2.05, 4.69) is 10.3 Å². The maximum absolute atomic E-state index is 12.3. The van der Waals surface area contributed by atoms with E-state index in [9.17, 15) is 13.6 Å². The molecule has 0 saturated heterocycles. The van der Waals surface area contributed by atoms with Crippen LogP contribution >= 0.6 is 0 Å². The lowest BCUT2D eigenvalue weighted by molar-refractivity contribution is -0.117. The minimum Gasteiger partial charge on any atom is -0.370 e. The third-order valence-electron chi connectivity index (χ3n) is 1.79. The van der Waals surface area contributed by atoms with Crippen molar-refractivity contribution in [2.24, 2.45) is 5.73 Å². The van der Waals surface area contributed by atoms with E-state index in [-0.39, 0.29) is 18.8 Å². The molecule has 0 atom stereocenters. The molecule has 0 aliphatic carbocycles. The van der Waals surface area contributed by atoms with Crippen LogP contribution in [0.1, 0.15) is 18.8 Å². The molecule has 0 aromatic carbocycles. The summed E-state index contributed by atoms with van der Waals surface area (Å²) in [6.07, 6.45) is 2.68. The van der Waals surface area contributed by atoms with Gasteiger partial charge in [-0.05, 0) is 0 Å². The van der Waals surface area contributed by atoms with Gasteiger partial charge in [0, 0.05) is 25.4 Å². The molecule has 0 fully saturated rings. The highest BCUT2D eigenvalue weighted by molar-refractivity contribution is 5.73. The zero-order valence-electron chi connectivity index (χ0n) is 7.99. The van der Waals surface area contributed by atoms with Crippen molar-refractivity contribution in [2.45, 2.75) is 19.5 Å². The molecule has 0 aliphatic heterocycles. The molecular weight excluding hydrogens is 206 g/mol. The molecule has 1 amide bonds. The van der Waals surface area contributed by atoms with Crippen molar-refractivity contribution in [1.82, 2.24) is 14.9 Å². The summed E-state index contributed by atoms with van der Waals surface area (Å²) >= 11 is 0. The molecular formula is C8H12F2N4O. The predicted molar refractivity (Wildman–Crippen MR) is 49.0 cm³/mol. The third kappa shape index (κ3) is 3.62. The van der Waals surface area contributed by atoms with E-state index in [4.69, 9.17) is 5.73 Å². The van der Waals surface area contributed by atoms with E-state index in [1.54, 1.807) is 0 Å². The lowest BCUT2D eigenvalue weighted by Crippen LogP contribution is -2.23. The number of nitrogens with zero attached hydrogens (tertiary/aromatic N) is 2. The van der Waals surface area contributed by atoms with Crippen LogP contribution in [0.15, 0.2) is 12.4 Å². The lowest BCUT2D eigenvalue weighted by Gasteiger charge is -2.06. The van der Waals surface area contributed by atoms with Gasteiger partial charge in [0.05, 0.1) is 6.54 Å². The second kappa shape index (κ2) is 5.40. The first kappa shape index (κ1) is 11.6. The van der Waals surface area contributed by atoms with Crippen LogP contribution in [0.5, 0.6) is 0 Å². The summed E-state index contributed by atoms with van der Waals surface area (Å²) in [7, 11) is 0. The van der Waals surface area contributed by atoms with Gasteiger partial charge >= 0.3 is 6.55 Å². The molecule has 0 unspecified atom stereocenters. The molecule has 7 heteroatoms. The molecule has 3 N–H and O–H groups in total. The van der Waals surface area contributed by atoms with E-state index < -0.39 is 12.5 Å². The molecule has 15 heavy (non-hydrogen) atoms. The quantitative estimate of drug-likeness (QED) is 0.672. The topological polar surface area (TPSA) is 72.9 Å². The highest BCUT2D eigenvalue weighted by Gasteiger charge is 2.10. The lowest BCUT2D eigenvalue weighted by atomic mass is 10.4. The number of amides is 1. The van der Waals surface area contributed by atoms with Gasteiger partial charge in [-0.1, -0.05) is 0 Å². The average Bonchev–Trinajstić information content (AvgIpc) is 2.60. The van der Waals surface area contributed by atoms with Crippen molar-refractivity contribution in [2.75, 3.05) is 6.54 Å². The summed E-state index contributed by atoms with van der Waals surface area (Å²) in [6.45, 7) is -2.06. The Bertz CT molecular complexity index is 326.